The van der Waals surface area contributed by atoms with Gasteiger partial charge in [0.25, 0.3) is 0 Å². The second-order valence-corrected chi connectivity index (χ2v) is 8.05. The molecule has 0 aliphatic rings. The zero-order chi connectivity index (χ0) is 23.4. The Morgan fingerprint density at radius 3 is 2.45 bits per heavy atom. The Morgan fingerprint density at radius 2 is 1.79 bits per heavy atom. The van der Waals surface area contributed by atoms with Gasteiger partial charge in [0, 0.05) is 23.4 Å². The van der Waals surface area contributed by atoms with E-state index in [2.05, 4.69) is 11.1 Å². The maximum Gasteiger partial charge on any atom is 0.301 e. The number of methoxy groups -OCH3 is 1. The van der Waals surface area contributed by atoms with E-state index >= 15 is 0 Å². The number of nitro groups is 1. The van der Waals surface area contributed by atoms with Crippen molar-refractivity contribution in [2.24, 2.45) is 0 Å². The Kier molecular flexibility index (Phi) is 6.33. The van der Waals surface area contributed by atoms with E-state index in [1.54, 1.807) is 7.11 Å². The Hall–Kier alpha value is -4.22. The molecule has 8 heteroatoms. The minimum atomic E-state index is -0.489. The molecule has 4 aromatic rings. The summed E-state index contributed by atoms with van der Waals surface area (Å²) in [5, 5.41) is 22.1. The fourth-order valence-corrected chi connectivity index (χ4v) is 4.34. The van der Waals surface area contributed by atoms with E-state index in [1.165, 1.54) is 18.3 Å². The second-order valence-electron chi connectivity index (χ2n) is 7.08. The normalized spacial score (nSPS) is 10.5. The second kappa shape index (κ2) is 9.51. The van der Waals surface area contributed by atoms with Gasteiger partial charge in [0.15, 0.2) is 5.03 Å². The molecule has 2 aromatic carbocycles. The van der Waals surface area contributed by atoms with Gasteiger partial charge in [-0.25, -0.2) is 9.97 Å². The van der Waals surface area contributed by atoms with E-state index in [0.717, 1.165) is 28.5 Å². The van der Waals surface area contributed by atoms with Crippen LogP contribution in [0.3, 0.4) is 0 Å². The summed E-state index contributed by atoms with van der Waals surface area (Å²) in [7, 11) is 1.60. The molecule has 0 N–H and O–H groups in total. The lowest BCUT2D eigenvalue weighted by atomic mass is 9.96. The fraction of sp³-hybridized carbons (Fsp3) is 0.0800. The molecule has 33 heavy (non-hydrogen) atoms. The highest BCUT2D eigenvalue weighted by atomic mass is 32.2. The van der Waals surface area contributed by atoms with Crippen molar-refractivity contribution in [3.8, 4) is 34.2 Å². The van der Waals surface area contributed by atoms with Crippen molar-refractivity contribution >= 4 is 17.4 Å². The van der Waals surface area contributed by atoms with Crippen LogP contribution < -0.4 is 4.74 Å². The smallest absolute Gasteiger partial charge is 0.301 e. The number of aromatic nitrogens is 2. The van der Waals surface area contributed by atoms with Gasteiger partial charge in [-0.2, -0.15) is 5.26 Å². The predicted molar refractivity (Wildman–Crippen MR) is 126 cm³/mol. The largest absolute Gasteiger partial charge is 0.497 e. The van der Waals surface area contributed by atoms with Gasteiger partial charge >= 0.3 is 5.69 Å². The highest BCUT2D eigenvalue weighted by Gasteiger charge is 2.22. The summed E-state index contributed by atoms with van der Waals surface area (Å²) in [5.41, 5.74) is 4.26. The quantitative estimate of drug-likeness (QED) is 0.258. The predicted octanol–water partition coefficient (Wildman–Crippen LogP) is 6.06. The monoisotopic (exact) mass is 454 g/mol. The third-order valence-corrected chi connectivity index (χ3v) is 6.06. The number of benzene rings is 2. The topological polar surface area (TPSA) is 102 Å². The van der Waals surface area contributed by atoms with Crippen LogP contribution in [0.1, 0.15) is 11.1 Å². The standard InChI is InChI=1S/C25H18N4O3S/c1-16-6-3-4-7-19(16)20-14-22(17-9-11-18(32-2)12-10-17)28-24(21(20)15-26)33-25-23(29(30)31)8-5-13-27-25/h3-14H,1-2H3. The number of nitrogens with zero attached hydrogens (tertiary/aromatic N) is 4. The molecule has 0 amide bonds. The summed E-state index contributed by atoms with van der Waals surface area (Å²) < 4.78 is 5.25. The summed E-state index contributed by atoms with van der Waals surface area (Å²) >= 11 is 1.01. The molecule has 0 spiro atoms. The lowest BCUT2D eigenvalue weighted by molar-refractivity contribution is -0.388. The number of pyridine rings is 2. The first-order chi connectivity index (χ1) is 16.0. The van der Waals surface area contributed by atoms with E-state index in [0.29, 0.717) is 27.6 Å². The fourth-order valence-electron chi connectivity index (χ4n) is 3.39. The molecule has 0 bridgehead atoms. The van der Waals surface area contributed by atoms with Crippen molar-refractivity contribution in [1.29, 1.82) is 5.26 Å². The zero-order valence-corrected chi connectivity index (χ0v) is 18.7. The van der Waals surface area contributed by atoms with E-state index < -0.39 is 4.92 Å². The van der Waals surface area contributed by atoms with Crippen LogP contribution in [-0.4, -0.2) is 22.0 Å². The third kappa shape index (κ3) is 4.54. The summed E-state index contributed by atoms with van der Waals surface area (Å²) in [6.45, 7) is 1.97. The highest BCUT2D eigenvalue weighted by molar-refractivity contribution is 7.99. The Labute approximate surface area is 194 Å². The van der Waals surface area contributed by atoms with Gasteiger partial charge in [0.05, 0.1) is 23.3 Å². The summed E-state index contributed by atoms with van der Waals surface area (Å²) in [5.74, 6) is 0.713. The highest BCUT2D eigenvalue weighted by Crippen LogP contribution is 2.39. The molecule has 7 nitrogen and oxygen atoms in total. The maximum atomic E-state index is 11.5. The van der Waals surface area contributed by atoms with E-state index in [9.17, 15) is 15.4 Å². The molecule has 0 saturated carbocycles. The van der Waals surface area contributed by atoms with Gasteiger partial charge in [-0.3, -0.25) is 10.1 Å². The molecule has 4 rings (SSSR count). The first kappa shape index (κ1) is 22.0. The Balaban J connectivity index is 1.95. The van der Waals surface area contributed by atoms with Gasteiger partial charge in [-0.15, -0.1) is 0 Å². The molecule has 0 fully saturated rings. The SMILES string of the molecule is COc1ccc(-c2cc(-c3ccccc3C)c(C#N)c(Sc3ncccc3[N+](=O)[O-])n2)cc1. The molecule has 0 unspecified atom stereocenters. The van der Waals surface area contributed by atoms with Crippen molar-refractivity contribution in [2.75, 3.05) is 7.11 Å². The number of nitriles is 1. The van der Waals surface area contributed by atoms with Gasteiger partial charge in [-0.05, 0) is 66.2 Å². The van der Waals surface area contributed by atoms with Crippen LogP contribution in [-0.2, 0) is 0 Å². The average Bonchev–Trinajstić information content (AvgIpc) is 2.84. The minimum absolute atomic E-state index is 0.138. The van der Waals surface area contributed by atoms with Crippen LogP contribution >= 0.6 is 11.8 Å². The number of aryl methyl sites for hydroxylation is 1. The first-order valence-corrected chi connectivity index (χ1v) is 10.8. The first-order valence-electron chi connectivity index (χ1n) is 9.94. The van der Waals surface area contributed by atoms with Crippen LogP contribution in [0, 0.1) is 28.4 Å². The van der Waals surface area contributed by atoms with Crippen LogP contribution in [0.5, 0.6) is 5.75 Å². The van der Waals surface area contributed by atoms with Crippen molar-refractivity contribution in [2.45, 2.75) is 17.0 Å². The Bertz CT molecular complexity index is 1380. The molecule has 2 heterocycles. The summed E-state index contributed by atoms with van der Waals surface area (Å²) in [4.78, 5) is 19.9. The van der Waals surface area contributed by atoms with Gasteiger partial charge in [0.2, 0.25) is 0 Å². The zero-order valence-electron chi connectivity index (χ0n) is 17.9. The van der Waals surface area contributed by atoms with Crippen molar-refractivity contribution < 1.29 is 9.66 Å². The third-order valence-electron chi connectivity index (χ3n) is 5.06. The van der Waals surface area contributed by atoms with E-state index in [1.807, 2.05) is 61.5 Å². The van der Waals surface area contributed by atoms with Crippen molar-refractivity contribution in [3.63, 3.8) is 0 Å². The van der Waals surface area contributed by atoms with Gasteiger partial charge < -0.3 is 4.74 Å². The summed E-state index contributed by atoms with van der Waals surface area (Å²) in [6.07, 6.45) is 1.48. The van der Waals surface area contributed by atoms with E-state index in [-0.39, 0.29) is 10.7 Å². The molecular weight excluding hydrogens is 436 g/mol. The molecule has 2 aromatic heterocycles. The molecule has 0 aliphatic heterocycles. The lowest BCUT2D eigenvalue weighted by Crippen LogP contribution is -1.98. The molecule has 0 aliphatic carbocycles. The minimum Gasteiger partial charge on any atom is -0.497 e. The van der Waals surface area contributed by atoms with Crippen molar-refractivity contribution in [1.82, 2.24) is 9.97 Å². The average molecular weight is 455 g/mol. The van der Waals surface area contributed by atoms with Crippen LogP contribution in [0.15, 0.2) is 83.0 Å². The molecule has 0 atom stereocenters. The molecule has 0 saturated heterocycles. The lowest BCUT2D eigenvalue weighted by Gasteiger charge is -2.14. The number of ether oxygens (including phenoxy) is 1. The Morgan fingerprint density at radius 1 is 1.03 bits per heavy atom. The summed E-state index contributed by atoms with van der Waals surface area (Å²) in [6, 6.07) is 22.2. The number of hydrogen-bond donors (Lipinski definition) is 0. The van der Waals surface area contributed by atoms with Crippen molar-refractivity contribution in [3.05, 3.63) is 94.2 Å². The molecular formula is C25H18N4O3S. The van der Waals surface area contributed by atoms with Gasteiger partial charge in [0.1, 0.15) is 16.8 Å². The van der Waals surface area contributed by atoms with Crippen LogP contribution in [0.4, 0.5) is 5.69 Å². The molecule has 162 valence electrons. The number of rotatable bonds is 6. The number of hydrogen-bond acceptors (Lipinski definition) is 7. The van der Waals surface area contributed by atoms with Crippen LogP contribution in [0.2, 0.25) is 0 Å². The van der Waals surface area contributed by atoms with E-state index in [4.69, 9.17) is 9.72 Å². The maximum absolute atomic E-state index is 11.5. The molecule has 0 radical (unpaired) electrons. The van der Waals surface area contributed by atoms with Crippen LogP contribution in [0.25, 0.3) is 22.4 Å². The van der Waals surface area contributed by atoms with Gasteiger partial charge in [-0.1, -0.05) is 24.3 Å².